The van der Waals surface area contributed by atoms with Gasteiger partial charge in [0.15, 0.2) is 0 Å². The van der Waals surface area contributed by atoms with Crippen LogP contribution in [-0.4, -0.2) is 15.8 Å². The maximum Gasteiger partial charge on any atom is 0.269 e. The molecular weight excluding hydrogens is 301 g/mol. The van der Waals surface area contributed by atoms with Crippen LogP contribution in [0.5, 0.6) is 0 Å². The fraction of sp³-hybridized carbons (Fsp3) is 0.0769. The van der Waals surface area contributed by atoms with Crippen molar-refractivity contribution in [1.82, 2.24) is 10.3 Å². The first-order valence-electron chi connectivity index (χ1n) is 5.80. The van der Waals surface area contributed by atoms with Crippen molar-refractivity contribution in [3.63, 3.8) is 0 Å². The number of nitro groups is 1. The lowest BCUT2D eigenvalue weighted by Crippen LogP contribution is -2.23. The minimum Gasteiger partial charge on any atom is -0.348 e. The second-order valence-electron chi connectivity index (χ2n) is 4.10. The lowest BCUT2D eigenvalue weighted by atomic mass is 10.2. The summed E-state index contributed by atoms with van der Waals surface area (Å²) in [5, 5.41) is 12.9. The Morgan fingerprint density at radius 2 is 2.05 bits per heavy atom. The number of non-ortho nitro benzene ring substituents is 1. The molecule has 6 nitrogen and oxygen atoms in total. The number of benzene rings is 1. The highest BCUT2D eigenvalue weighted by Gasteiger charge is 2.12. The third kappa shape index (κ3) is 3.73. The number of pyridine rings is 1. The van der Waals surface area contributed by atoms with Crippen LogP contribution in [-0.2, 0) is 6.54 Å². The van der Waals surface area contributed by atoms with Gasteiger partial charge in [0.25, 0.3) is 11.6 Å². The summed E-state index contributed by atoms with van der Waals surface area (Å²) in [7, 11) is 0. The molecule has 2 rings (SSSR count). The van der Waals surface area contributed by atoms with E-state index in [1.54, 1.807) is 0 Å². The minimum absolute atomic E-state index is 0.0394. The van der Waals surface area contributed by atoms with E-state index >= 15 is 0 Å². The molecule has 8 heteroatoms. The van der Waals surface area contributed by atoms with E-state index in [2.05, 4.69) is 10.3 Å². The molecule has 0 spiro atoms. The van der Waals surface area contributed by atoms with E-state index in [4.69, 9.17) is 11.6 Å². The molecule has 0 aliphatic rings. The maximum absolute atomic E-state index is 13.0. The molecule has 0 bridgehead atoms. The number of aromatic nitrogens is 1. The first-order chi connectivity index (χ1) is 9.97. The van der Waals surface area contributed by atoms with Crippen LogP contribution in [0.15, 0.2) is 36.5 Å². The number of hydrogen-bond acceptors (Lipinski definition) is 4. The fourth-order valence-corrected chi connectivity index (χ4v) is 1.78. The normalized spacial score (nSPS) is 10.2. The SMILES string of the molecule is O=C(NCc1ccc([N+](=O)[O-])cc1)c1cc(F)cnc1Cl. The first-order valence-corrected chi connectivity index (χ1v) is 6.18. The topological polar surface area (TPSA) is 85.1 Å². The zero-order valence-corrected chi connectivity index (χ0v) is 11.3. The average Bonchev–Trinajstić information content (AvgIpc) is 2.47. The van der Waals surface area contributed by atoms with Crippen LogP contribution in [0.2, 0.25) is 5.15 Å². The molecule has 0 fully saturated rings. The molecule has 0 aliphatic heterocycles. The molecule has 0 radical (unpaired) electrons. The Hall–Kier alpha value is -2.54. The van der Waals surface area contributed by atoms with Gasteiger partial charge in [-0.3, -0.25) is 14.9 Å². The highest BCUT2D eigenvalue weighted by molar-refractivity contribution is 6.32. The van der Waals surface area contributed by atoms with Crippen molar-refractivity contribution in [3.8, 4) is 0 Å². The van der Waals surface area contributed by atoms with Gasteiger partial charge in [0.1, 0.15) is 11.0 Å². The van der Waals surface area contributed by atoms with Crippen LogP contribution >= 0.6 is 11.6 Å². The van der Waals surface area contributed by atoms with E-state index < -0.39 is 16.6 Å². The molecule has 2 aromatic rings. The van der Waals surface area contributed by atoms with Gasteiger partial charge >= 0.3 is 0 Å². The number of hydrogen-bond donors (Lipinski definition) is 1. The number of amides is 1. The molecule has 0 saturated heterocycles. The number of carbonyl (C=O) groups excluding carboxylic acids is 1. The van der Waals surface area contributed by atoms with Crippen molar-refractivity contribution < 1.29 is 14.1 Å². The molecule has 1 heterocycles. The molecule has 1 amide bonds. The van der Waals surface area contributed by atoms with E-state index in [9.17, 15) is 19.3 Å². The van der Waals surface area contributed by atoms with E-state index in [1.165, 1.54) is 24.3 Å². The fourth-order valence-electron chi connectivity index (χ4n) is 1.59. The van der Waals surface area contributed by atoms with Gasteiger partial charge < -0.3 is 5.32 Å². The molecule has 0 saturated carbocycles. The average molecular weight is 310 g/mol. The molecule has 108 valence electrons. The van der Waals surface area contributed by atoms with E-state index in [0.29, 0.717) is 5.56 Å². The van der Waals surface area contributed by atoms with E-state index in [-0.39, 0.29) is 22.9 Å². The van der Waals surface area contributed by atoms with Gasteiger partial charge in [0.2, 0.25) is 0 Å². The van der Waals surface area contributed by atoms with Crippen LogP contribution in [0.3, 0.4) is 0 Å². The van der Waals surface area contributed by atoms with Crippen LogP contribution in [0, 0.1) is 15.9 Å². The Morgan fingerprint density at radius 3 is 2.67 bits per heavy atom. The number of rotatable bonds is 4. The summed E-state index contributed by atoms with van der Waals surface area (Å²) in [4.78, 5) is 25.4. The summed E-state index contributed by atoms with van der Waals surface area (Å²) in [6.07, 6.45) is 0.912. The molecule has 21 heavy (non-hydrogen) atoms. The van der Waals surface area contributed by atoms with E-state index in [0.717, 1.165) is 12.3 Å². The quantitative estimate of drug-likeness (QED) is 0.534. The molecule has 0 aliphatic carbocycles. The van der Waals surface area contributed by atoms with Crippen molar-refractivity contribution >= 4 is 23.2 Å². The second-order valence-corrected chi connectivity index (χ2v) is 4.46. The van der Waals surface area contributed by atoms with Gasteiger partial charge in [-0.05, 0) is 11.6 Å². The Labute approximate surface area is 123 Å². The molecule has 0 unspecified atom stereocenters. The number of carbonyl (C=O) groups is 1. The number of nitrogens with zero attached hydrogens (tertiary/aromatic N) is 2. The van der Waals surface area contributed by atoms with Gasteiger partial charge in [-0.2, -0.15) is 0 Å². The summed E-state index contributed by atoms with van der Waals surface area (Å²) in [6, 6.07) is 6.69. The summed E-state index contributed by atoms with van der Waals surface area (Å²) >= 11 is 5.71. The van der Waals surface area contributed by atoms with Gasteiger partial charge in [-0.15, -0.1) is 0 Å². The summed E-state index contributed by atoms with van der Waals surface area (Å²) < 4.78 is 13.0. The molecule has 0 atom stereocenters. The molecule has 1 aromatic carbocycles. The van der Waals surface area contributed by atoms with Crippen molar-refractivity contribution in [1.29, 1.82) is 0 Å². The lowest BCUT2D eigenvalue weighted by molar-refractivity contribution is -0.384. The first kappa shape index (κ1) is 14.9. The molecular formula is C13H9ClFN3O3. The van der Waals surface area contributed by atoms with Crippen LogP contribution < -0.4 is 5.32 Å². The Kier molecular flexibility index (Phi) is 4.44. The third-order valence-corrected chi connectivity index (χ3v) is 2.95. The van der Waals surface area contributed by atoms with E-state index in [1.807, 2.05) is 0 Å². The standard InChI is InChI=1S/C13H9ClFN3O3/c14-12-11(5-9(15)7-16-12)13(19)17-6-8-1-3-10(4-2-8)18(20)21/h1-5,7H,6H2,(H,17,19). The van der Waals surface area contributed by atoms with Crippen molar-refractivity contribution in [2.75, 3.05) is 0 Å². The number of nitrogens with one attached hydrogen (secondary N) is 1. The smallest absolute Gasteiger partial charge is 0.269 e. The largest absolute Gasteiger partial charge is 0.348 e. The van der Waals surface area contributed by atoms with Crippen molar-refractivity contribution in [2.24, 2.45) is 0 Å². The monoisotopic (exact) mass is 309 g/mol. The zero-order valence-electron chi connectivity index (χ0n) is 10.5. The van der Waals surface area contributed by atoms with Crippen LogP contribution in [0.4, 0.5) is 10.1 Å². The van der Waals surface area contributed by atoms with Crippen molar-refractivity contribution in [2.45, 2.75) is 6.54 Å². The van der Waals surface area contributed by atoms with Gasteiger partial charge in [0.05, 0.1) is 16.7 Å². The Bertz CT molecular complexity index is 692. The maximum atomic E-state index is 13.0. The lowest BCUT2D eigenvalue weighted by Gasteiger charge is -2.06. The summed E-state index contributed by atoms with van der Waals surface area (Å²) in [5.74, 6) is -1.25. The number of nitro benzene ring substituents is 1. The zero-order chi connectivity index (χ0) is 15.4. The second kappa shape index (κ2) is 6.27. The third-order valence-electron chi connectivity index (χ3n) is 2.65. The van der Waals surface area contributed by atoms with Crippen LogP contribution in [0.25, 0.3) is 0 Å². The highest BCUT2D eigenvalue weighted by atomic mass is 35.5. The molecule has 1 N–H and O–H groups in total. The predicted molar refractivity (Wildman–Crippen MR) is 73.5 cm³/mol. The van der Waals surface area contributed by atoms with Gasteiger partial charge in [0, 0.05) is 18.7 Å². The Morgan fingerprint density at radius 1 is 1.38 bits per heavy atom. The van der Waals surface area contributed by atoms with Crippen molar-refractivity contribution in [3.05, 3.63) is 68.7 Å². The predicted octanol–water partition coefficient (Wildman–Crippen LogP) is 2.71. The Balaban J connectivity index is 2.04. The highest BCUT2D eigenvalue weighted by Crippen LogP contribution is 2.15. The molecule has 1 aromatic heterocycles. The number of halogens is 2. The van der Waals surface area contributed by atoms with Gasteiger partial charge in [-0.25, -0.2) is 9.37 Å². The van der Waals surface area contributed by atoms with Crippen LogP contribution in [0.1, 0.15) is 15.9 Å². The minimum atomic E-state index is -0.667. The summed E-state index contributed by atoms with van der Waals surface area (Å²) in [5.41, 5.74) is 0.551. The van der Waals surface area contributed by atoms with Gasteiger partial charge in [-0.1, -0.05) is 23.7 Å². The summed E-state index contributed by atoms with van der Waals surface area (Å²) in [6.45, 7) is 0.129.